The summed E-state index contributed by atoms with van der Waals surface area (Å²) in [6, 6.07) is 0.791. The molecule has 0 saturated carbocycles. The highest BCUT2D eigenvalue weighted by Gasteiger charge is 2.26. The van der Waals surface area contributed by atoms with Crippen LogP contribution in [0.1, 0.15) is 30.7 Å². The van der Waals surface area contributed by atoms with Gasteiger partial charge in [-0.25, -0.2) is 4.98 Å². The third-order valence-electron chi connectivity index (χ3n) is 4.30. The van der Waals surface area contributed by atoms with E-state index in [1.165, 1.54) is 50.2 Å². The lowest BCUT2D eigenvalue weighted by atomic mass is 9.92. The molecule has 0 aliphatic carbocycles. The summed E-state index contributed by atoms with van der Waals surface area (Å²) >= 11 is 1.80. The highest BCUT2D eigenvalue weighted by atomic mass is 32.1. The summed E-state index contributed by atoms with van der Waals surface area (Å²) in [4.78, 5) is 7.10. The Bertz CT molecular complexity index is 341. The van der Waals surface area contributed by atoms with Gasteiger partial charge in [-0.1, -0.05) is 0 Å². The Labute approximate surface area is 113 Å². The first-order valence-electron chi connectivity index (χ1n) is 7.12. The van der Waals surface area contributed by atoms with Crippen LogP contribution in [0.2, 0.25) is 0 Å². The SMILES string of the molecule is c1csc(CC2CCN(C3CCOCC3)CC2)n1. The molecule has 3 nitrogen and oxygen atoms in total. The van der Waals surface area contributed by atoms with Crippen molar-refractivity contribution in [3.05, 3.63) is 16.6 Å². The van der Waals surface area contributed by atoms with E-state index in [-0.39, 0.29) is 0 Å². The molecule has 0 spiro atoms. The molecule has 1 aromatic heterocycles. The van der Waals surface area contributed by atoms with Crippen LogP contribution in [0.15, 0.2) is 11.6 Å². The second-order valence-corrected chi connectivity index (χ2v) is 6.43. The molecule has 2 aliphatic heterocycles. The fraction of sp³-hybridized carbons (Fsp3) is 0.786. The molecule has 2 saturated heterocycles. The first-order valence-corrected chi connectivity index (χ1v) is 8.00. The lowest BCUT2D eigenvalue weighted by Crippen LogP contribution is -2.44. The van der Waals surface area contributed by atoms with Gasteiger partial charge >= 0.3 is 0 Å². The van der Waals surface area contributed by atoms with Crippen molar-refractivity contribution in [1.82, 2.24) is 9.88 Å². The number of rotatable bonds is 3. The molecular formula is C14H22N2OS. The fourth-order valence-corrected chi connectivity index (χ4v) is 3.91. The van der Waals surface area contributed by atoms with Crippen LogP contribution in [-0.2, 0) is 11.2 Å². The number of hydrogen-bond acceptors (Lipinski definition) is 4. The third kappa shape index (κ3) is 3.11. The first-order chi connectivity index (χ1) is 8.92. The molecule has 18 heavy (non-hydrogen) atoms. The van der Waals surface area contributed by atoms with Crippen molar-refractivity contribution in [2.24, 2.45) is 5.92 Å². The summed E-state index contributed by atoms with van der Waals surface area (Å²) in [6.45, 7) is 4.48. The Morgan fingerprint density at radius 1 is 1.22 bits per heavy atom. The molecule has 2 aliphatic rings. The van der Waals surface area contributed by atoms with E-state index in [0.29, 0.717) is 0 Å². The number of ether oxygens (including phenoxy) is 1. The molecule has 0 N–H and O–H groups in total. The number of piperidine rings is 1. The van der Waals surface area contributed by atoms with Crippen molar-refractivity contribution in [3.8, 4) is 0 Å². The minimum Gasteiger partial charge on any atom is -0.381 e. The van der Waals surface area contributed by atoms with E-state index >= 15 is 0 Å². The lowest BCUT2D eigenvalue weighted by molar-refractivity contribution is 0.0211. The van der Waals surface area contributed by atoms with E-state index < -0.39 is 0 Å². The molecule has 0 unspecified atom stereocenters. The van der Waals surface area contributed by atoms with Gasteiger partial charge in [0.25, 0.3) is 0 Å². The van der Waals surface area contributed by atoms with Gasteiger partial charge in [0.2, 0.25) is 0 Å². The molecule has 0 atom stereocenters. The van der Waals surface area contributed by atoms with Crippen LogP contribution in [-0.4, -0.2) is 42.2 Å². The van der Waals surface area contributed by atoms with Crippen molar-refractivity contribution in [2.75, 3.05) is 26.3 Å². The minimum absolute atomic E-state index is 0.791. The number of thiazole rings is 1. The molecule has 0 aromatic carbocycles. The summed E-state index contributed by atoms with van der Waals surface area (Å²) in [5, 5.41) is 3.41. The monoisotopic (exact) mass is 266 g/mol. The summed E-state index contributed by atoms with van der Waals surface area (Å²) in [7, 11) is 0. The Balaban J connectivity index is 1.45. The maximum absolute atomic E-state index is 5.45. The Kier molecular flexibility index (Phi) is 4.28. The third-order valence-corrected chi connectivity index (χ3v) is 5.11. The van der Waals surface area contributed by atoms with Gasteiger partial charge in [0.15, 0.2) is 0 Å². The molecule has 0 bridgehead atoms. The van der Waals surface area contributed by atoms with Gasteiger partial charge in [0.05, 0.1) is 5.01 Å². The summed E-state index contributed by atoms with van der Waals surface area (Å²) in [6.07, 6.45) is 8.28. The van der Waals surface area contributed by atoms with E-state index in [0.717, 1.165) is 25.2 Å². The van der Waals surface area contributed by atoms with Crippen LogP contribution in [0.4, 0.5) is 0 Å². The number of nitrogens with zero attached hydrogens (tertiary/aromatic N) is 2. The van der Waals surface area contributed by atoms with Gasteiger partial charge in [0, 0.05) is 37.3 Å². The predicted octanol–water partition coefficient (Wildman–Crippen LogP) is 2.58. The van der Waals surface area contributed by atoms with Crippen molar-refractivity contribution in [2.45, 2.75) is 38.1 Å². The predicted molar refractivity (Wildman–Crippen MR) is 74.0 cm³/mol. The van der Waals surface area contributed by atoms with Crippen molar-refractivity contribution >= 4 is 11.3 Å². The zero-order chi connectivity index (χ0) is 12.2. The smallest absolute Gasteiger partial charge is 0.0927 e. The standard InChI is InChI=1S/C14H22N2OS/c1-6-16(13-3-8-17-9-4-13)7-2-12(1)11-14-15-5-10-18-14/h5,10,12-13H,1-4,6-9,11H2. The maximum atomic E-state index is 5.45. The van der Waals surface area contributed by atoms with Crippen LogP contribution < -0.4 is 0 Å². The maximum Gasteiger partial charge on any atom is 0.0927 e. The second-order valence-electron chi connectivity index (χ2n) is 5.45. The number of aromatic nitrogens is 1. The van der Waals surface area contributed by atoms with E-state index in [1.807, 2.05) is 6.20 Å². The number of likely N-dealkylation sites (tertiary alicyclic amines) is 1. The van der Waals surface area contributed by atoms with Crippen molar-refractivity contribution < 1.29 is 4.74 Å². The summed E-state index contributed by atoms with van der Waals surface area (Å²) in [5.41, 5.74) is 0. The molecule has 100 valence electrons. The van der Waals surface area contributed by atoms with Gasteiger partial charge < -0.3 is 9.64 Å². The molecule has 4 heteroatoms. The zero-order valence-electron chi connectivity index (χ0n) is 10.9. The van der Waals surface area contributed by atoms with Crippen LogP contribution in [0.5, 0.6) is 0 Å². The van der Waals surface area contributed by atoms with Crippen LogP contribution in [0.25, 0.3) is 0 Å². The highest BCUT2D eigenvalue weighted by molar-refractivity contribution is 7.09. The normalized spacial score (nSPS) is 24.4. The Morgan fingerprint density at radius 2 is 2.00 bits per heavy atom. The summed E-state index contributed by atoms with van der Waals surface area (Å²) in [5.74, 6) is 0.854. The van der Waals surface area contributed by atoms with Gasteiger partial charge in [-0.2, -0.15) is 0 Å². The van der Waals surface area contributed by atoms with Gasteiger partial charge in [-0.3, -0.25) is 0 Å². The minimum atomic E-state index is 0.791. The van der Waals surface area contributed by atoms with Crippen LogP contribution >= 0.6 is 11.3 Å². The van der Waals surface area contributed by atoms with Crippen LogP contribution in [0.3, 0.4) is 0 Å². The van der Waals surface area contributed by atoms with Crippen molar-refractivity contribution in [3.63, 3.8) is 0 Å². The van der Waals surface area contributed by atoms with Crippen LogP contribution in [0, 0.1) is 5.92 Å². The van der Waals surface area contributed by atoms with E-state index in [4.69, 9.17) is 4.74 Å². The molecule has 0 radical (unpaired) electrons. The highest BCUT2D eigenvalue weighted by Crippen LogP contribution is 2.26. The van der Waals surface area contributed by atoms with E-state index in [2.05, 4.69) is 15.3 Å². The van der Waals surface area contributed by atoms with E-state index in [9.17, 15) is 0 Å². The van der Waals surface area contributed by atoms with Gasteiger partial charge in [0.1, 0.15) is 0 Å². The first kappa shape index (κ1) is 12.6. The van der Waals surface area contributed by atoms with Gasteiger partial charge in [-0.05, 0) is 44.7 Å². The number of hydrogen-bond donors (Lipinski definition) is 0. The largest absolute Gasteiger partial charge is 0.381 e. The Morgan fingerprint density at radius 3 is 2.67 bits per heavy atom. The molecule has 3 heterocycles. The molecule has 0 amide bonds. The molecular weight excluding hydrogens is 244 g/mol. The van der Waals surface area contributed by atoms with Gasteiger partial charge in [-0.15, -0.1) is 11.3 Å². The summed E-state index contributed by atoms with van der Waals surface area (Å²) < 4.78 is 5.45. The lowest BCUT2D eigenvalue weighted by Gasteiger charge is -2.39. The fourth-order valence-electron chi connectivity index (χ4n) is 3.17. The van der Waals surface area contributed by atoms with E-state index in [1.54, 1.807) is 11.3 Å². The molecule has 3 rings (SSSR count). The topological polar surface area (TPSA) is 25.4 Å². The molecule has 1 aromatic rings. The molecule has 2 fully saturated rings. The average Bonchev–Trinajstić information content (AvgIpc) is 2.94. The quantitative estimate of drug-likeness (QED) is 0.841. The zero-order valence-corrected chi connectivity index (χ0v) is 11.7. The second kappa shape index (κ2) is 6.13. The average molecular weight is 266 g/mol. The van der Waals surface area contributed by atoms with Crippen molar-refractivity contribution in [1.29, 1.82) is 0 Å². The Hall–Kier alpha value is -0.450.